The predicted octanol–water partition coefficient (Wildman–Crippen LogP) is 1.99. The standard InChI is InChI=1S/C10H14ClNO2/c1-12(2)5-6-14-10-7-8(11)3-4-9(10)13/h3-4,7,13H,5-6H2,1-2H3. The van der Waals surface area contributed by atoms with Crippen LogP contribution in [-0.4, -0.2) is 37.3 Å². The Morgan fingerprint density at radius 3 is 2.79 bits per heavy atom. The van der Waals surface area contributed by atoms with E-state index >= 15 is 0 Å². The fraction of sp³-hybridized carbons (Fsp3) is 0.400. The molecule has 4 heteroatoms. The van der Waals surface area contributed by atoms with E-state index in [1.54, 1.807) is 12.1 Å². The Kier molecular flexibility index (Phi) is 4.04. The molecule has 0 aliphatic carbocycles. The largest absolute Gasteiger partial charge is 0.504 e. The molecule has 1 aromatic rings. The van der Waals surface area contributed by atoms with Crippen LogP contribution in [0.5, 0.6) is 11.5 Å². The molecule has 0 atom stereocenters. The average molecular weight is 216 g/mol. The minimum absolute atomic E-state index is 0.119. The lowest BCUT2D eigenvalue weighted by Gasteiger charge is -2.11. The highest BCUT2D eigenvalue weighted by Crippen LogP contribution is 2.28. The second-order valence-electron chi connectivity index (χ2n) is 3.26. The second-order valence-corrected chi connectivity index (χ2v) is 3.70. The zero-order valence-corrected chi connectivity index (χ0v) is 9.08. The van der Waals surface area contributed by atoms with Crippen molar-refractivity contribution in [2.75, 3.05) is 27.2 Å². The summed E-state index contributed by atoms with van der Waals surface area (Å²) in [5.74, 6) is 0.549. The molecule has 1 aromatic carbocycles. The summed E-state index contributed by atoms with van der Waals surface area (Å²) in [6.07, 6.45) is 0. The monoisotopic (exact) mass is 215 g/mol. The van der Waals surface area contributed by atoms with Gasteiger partial charge in [0, 0.05) is 17.6 Å². The quantitative estimate of drug-likeness (QED) is 0.834. The Hall–Kier alpha value is -0.930. The summed E-state index contributed by atoms with van der Waals surface area (Å²) in [6.45, 7) is 1.33. The Balaban J connectivity index is 2.53. The van der Waals surface area contributed by atoms with E-state index in [-0.39, 0.29) is 5.75 Å². The molecule has 0 heterocycles. The lowest BCUT2D eigenvalue weighted by molar-refractivity contribution is 0.252. The summed E-state index contributed by atoms with van der Waals surface area (Å²) < 4.78 is 5.35. The molecular formula is C10H14ClNO2. The smallest absolute Gasteiger partial charge is 0.162 e. The summed E-state index contributed by atoms with van der Waals surface area (Å²) >= 11 is 5.76. The van der Waals surface area contributed by atoms with Crippen LogP contribution in [0.4, 0.5) is 0 Å². The first-order chi connectivity index (χ1) is 6.59. The van der Waals surface area contributed by atoms with Gasteiger partial charge < -0.3 is 14.7 Å². The number of phenolic OH excluding ortho intramolecular Hbond substituents is 1. The van der Waals surface area contributed by atoms with Gasteiger partial charge in [-0.2, -0.15) is 0 Å². The fourth-order valence-electron chi connectivity index (χ4n) is 0.942. The molecule has 0 aromatic heterocycles. The number of halogens is 1. The van der Waals surface area contributed by atoms with Gasteiger partial charge >= 0.3 is 0 Å². The fourth-order valence-corrected chi connectivity index (χ4v) is 1.10. The number of nitrogens with zero attached hydrogens (tertiary/aromatic N) is 1. The van der Waals surface area contributed by atoms with Crippen molar-refractivity contribution >= 4 is 11.6 Å². The van der Waals surface area contributed by atoms with Crippen molar-refractivity contribution in [2.45, 2.75) is 0 Å². The molecule has 0 saturated heterocycles. The van der Waals surface area contributed by atoms with E-state index in [4.69, 9.17) is 16.3 Å². The van der Waals surface area contributed by atoms with Gasteiger partial charge in [-0.25, -0.2) is 0 Å². The molecule has 3 nitrogen and oxygen atoms in total. The Morgan fingerprint density at radius 2 is 2.14 bits per heavy atom. The number of benzene rings is 1. The van der Waals surface area contributed by atoms with Gasteiger partial charge in [-0.15, -0.1) is 0 Å². The molecule has 14 heavy (non-hydrogen) atoms. The minimum Gasteiger partial charge on any atom is -0.504 e. The van der Waals surface area contributed by atoms with Crippen molar-refractivity contribution in [2.24, 2.45) is 0 Å². The van der Waals surface area contributed by atoms with Crippen LogP contribution in [0.15, 0.2) is 18.2 Å². The maximum atomic E-state index is 9.40. The normalized spacial score (nSPS) is 10.6. The van der Waals surface area contributed by atoms with Crippen LogP contribution in [0.2, 0.25) is 5.02 Å². The Labute approximate surface area is 88.9 Å². The molecule has 0 radical (unpaired) electrons. The molecule has 0 amide bonds. The highest BCUT2D eigenvalue weighted by atomic mass is 35.5. The minimum atomic E-state index is 0.119. The van der Waals surface area contributed by atoms with E-state index in [1.807, 2.05) is 19.0 Å². The van der Waals surface area contributed by atoms with Gasteiger partial charge in [0.1, 0.15) is 6.61 Å². The van der Waals surface area contributed by atoms with E-state index in [9.17, 15) is 5.11 Å². The van der Waals surface area contributed by atoms with E-state index in [0.717, 1.165) is 6.54 Å². The maximum absolute atomic E-state index is 9.40. The van der Waals surface area contributed by atoms with Gasteiger partial charge in [0.25, 0.3) is 0 Å². The lowest BCUT2D eigenvalue weighted by Crippen LogP contribution is -2.19. The SMILES string of the molecule is CN(C)CCOc1cc(Cl)ccc1O. The number of hydrogen-bond acceptors (Lipinski definition) is 3. The molecule has 0 bridgehead atoms. The van der Waals surface area contributed by atoms with Gasteiger partial charge in [-0.3, -0.25) is 0 Å². The summed E-state index contributed by atoms with van der Waals surface area (Å²) in [7, 11) is 3.92. The third kappa shape index (κ3) is 3.44. The number of likely N-dealkylation sites (N-methyl/N-ethyl adjacent to an activating group) is 1. The number of aromatic hydroxyl groups is 1. The van der Waals surface area contributed by atoms with Gasteiger partial charge in [0.15, 0.2) is 11.5 Å². The third-order valence-corrected chi connectivity index (χ3v) is 1.95. The molecule has 0 spiro atoms. The number of phenols is 1. The van der Waals surface area contributed by atoms with E-state index < -0.39 is 0 Å². The summed E-state index contributed by atoms with van der Waals surface area (Å²) in [5, 5.41) is 9.96. The van der Waals surface area contributed by atoms with Crippen LogP contribution in [0.25, 0.3) is 0 Å². The average Bonchev–Trinajstić information content (AvgIpc) is 2.10. The van der Waals surface area contributed by atoms with Crippen molar-refractivity contribution < 1.29 is 9.84 Å². The van der Waals surface area contributed by atoms with E-state index in [0.29, 0.717) is 17.4 Å². The first-order valence-electron chi connectivity index (χ1n) is 4.35. The zero-order chi connectivity index (χ0) is 10.6. The van der Waals surface area contributed by atoms with Gasteiger partial charge in [-0.1, -0.05) is 11.6 Å². The molecule has 0 fully saturated rings. The van der Waals surface area contributed by atoms with E-state index in [2.05, 4.69) is 0 Å². The predicted molar refractivity (Wildman–Crippen MR) is 57.2 cm³/mol. The third-order valence-electron chi connectivity index (χ3n) is 1.72. The van der Waals surface area contributed by atoms with Crippen LogP contribution in [0.1, 0.15) is 0 Å². The van der Waals surface area contributed by atoms with E-state index in [1.165, 1.54) is 6.07 Å². The number of ether oxygens (including phenoxy) is 1. The first kappa shape index (κ1) is 11.1. The highest BCUT2D eigenvalue weighted by Gasteiger charge is 2.02. The molecule has 0 aliphatic rings. The van der Waals surface area contributed by atoms with Crippen molar-refractivity contribution in [3.05, 3.63) is 23.2 Å². The first-order valence-corrected chi connectivity index (χ1v) is 4.73. The summed E-state index contributed by atoms with van der Waals surface area (Å²) in [6, 6.07) is 4.75. The van der Waals surface area contributed by atoms with Crippen LogP contribution in [0, 0.1) is 0 Å². The van der Waals surface area contributed by atoms with Crippen LogP contribution >= 0.6 is 11.6 Å². The van der Waals surface area contributed by atoms with Gasteiger partial charge in [-0.05, 0) is 26.2 Å². The molecule has 1 N–H and O–H groups in total. The number of rotatable bonds is 4. The van der Waals surface area contributed by atoms with Gasteiger partial charge in [0.05, 0.1) is 0 Å². The molecule has 78 valence electrons. The molecule has 0 saturated carbocycles. The van der Waals surface area contributed by atoms with Crippen LogP contribution in [0.3, 0.4) is 0 Å². The highest BCUT2D eigenvalue weighted by molar-refractivity contribution is 6.30. The topological polar surface area (TPSA) is 32.7 Å². The molecule has 1 rings (SSSR count). The Bertz CT molecular complexity index is 302. The molecule has 0 unspecified atom stereocenters. The Morgan fingerprint density at radius 1 is 1.43 bits per heavy atom. The maximum Gasteiger partial charge on any atom is 0.162 e. The zero-order valence-electron chi connectivity index (χ0n) is 8.33. The second kappa shape index (κ2) is 5.08. The van der Waals surface area contributed by atoms with Crippen molar-refractivity contribution in [3.63, 3.8) is 0 Å². The van der Waals surface area contributed by atoms with Crippen molar-refractivity contribution in [1.82, 2.24) is 4.90 Å². The summed E-state index contributed by atoms with van der Waals surface area (Å²) in [5.41, 5.74) is 0. The number of hydrogen-bond donors (Lipinski definition) is 1. The van der Waals surface area contributed by atoms with Crippen molar-refractivity contribution in [3.8, 4) is 11.5 Å². The van der Waals surface area contributed by atoms with Crippen molar-refractivity contribution in [1.29, 1.82) is 0 Å². The van der Waals surface area contributed by atoms with Gasteiger partial charge in [0.2, 0.25) is 0 Å². The van der Waals surface area contributed by atoms with Crippen LogP contribution in [-0.2, 0) is 0 Å². The lowest BCUT2D eigenvalue weighted by atomic mass is 10.3. The van der Waals surface area contributed by atoms with Crippen LogP contribution < -0.4 is 4.74 Å². The molecular weight excluding hydrogens is 202 g/mol. The molecule has 0 aliphatic heterocycles. The summed E-state index contributed by atoms with van der Waals surface area (Å²) in [4.78, 5) is 2.00.